The van der Waals surface area contributed by atoms with Crippen molar-refractivity contribution in [1.82, 2.24) is 5.32 Å². The van der Waals surface area contributed by atoms with Gasteiger partial charge in [-0.05, 0) is 25.5 Å². The fourth-order valence-electron chi connectivity index (χ4n) is 2.12. The molecule has 0 radical (unpaired) electrons. The second kappa shape index (κ2) is 3.62. The second-order valence-corrected chi connectivity index (χ2v) is 3.78. The number of hydrogen-bond donors (Lipinski definition) is 2. The van der Waals surface area contributed by atoms with Crippen molar-refractivity contribution in [3.63, 3.8) is 0 Å². The zero-order valence-corrected chi connectivity index (χ0v) is 8.29. The highest BCUT2D eigenvalue weighted by atomic mass is 19.1. The fraction of sp³-hybridized carbons (Fsp3) is 0.364. The average Bonchev–Trinajstić information content (AvgIpc) is 2.68. The van der Waals surface area contributed by atoms with E-state index in [2.05, 4.69) is 5.32 Å². The van der Waals surface area contributed by atoms with Gasteiger partial charge in [-0.2, -0.15) is 0 Å². The summed E-state index contributed by atoms with van der Waals surface area (Å²) in [4.78, 5) is 11.5. The number of amides is 1. The van der Waals surface area contributed by atoms with Crippen molar-refractivity contribution in [2.24, 2.45) is 5.73 Å². The van der Waals surface area contributed by atoms with Gasteiger partial charge in [0.25, 0.3) is 0 Å². The molecular weight excluding hydrogens is 195 g/mol. The molecule has 0 aromatic heterocycles. The molecule has 2 rings (SSSR count). The molecule has 80 valence electrons. The molecule has 0 bridgehead atoms. The van der Waals surface area contributed by atoms with E-state index in [1.54, 1.807) is 18.2 Å². The van der Waals surface area contributed by atoms with E-state index < -0.39 is 11.4 Å². The Morgan fingerprint density at radius 2 is 2.20 bits per heavy atom. The number of carbonyl (C=O) groups excluding carboxylic acids is 1. The summed E-state index contributed by atoms with van der Waals surface area (Å²) < 4.78 is 13.6. The van der Waals surface area contributed by atoms with Crippen LogP contribution in [0.25, 0.3) is 0 Å². The first-order valence-electron chi connectivity index (χ1n) is 4.97. The second-order valence-electron chi connectivity index (χ2n) is 3.78. The lowest BCUT2D eigenvalue weighted by atomic mass is 9.87. The van der Waals surface area contributed by atoms with Gasteiger partial charge in [0.1, 0.15) is 11.4 Å². The molecule has 1 fully saturated rings. The third-order valence-corrected chi connectivity index (χ3v) is 2.91. The van der Waals surface area contributed by atoms with Crippen molar-refractivity contribution in [2.75, 3.05) is 6.54 Å². The minimum Gasteiger partial charge on any atom is -0.368 e. The van der Waals surface area contributed by atoms with E-state index in [4.69, 9.17) is 5.73 Å². The van der Waals surface area contributed by atoms with Crippen molar-refractivity contribution in [3.05, 3.63) is 35.6 Å². The summed E-state index contributed by atoms with van der Waals surface area (Å²) in [6.07, 6.45) is 1.39. The minimum absolute atomic E-state index is 0.356. The largest absolute Gasteiger partial charge is 0.368 e. The molecular formula is C11H13FN2O. The zero-order valence-electron chi connectivity index (χ0n) is 8.29. The van der Waals surface area contributed by atoms with E-state index in [0.717, 1.165) is 6.42 Å². The van der Waals surface area contributed by atoms with Crippen LogP contribution in [0.15, 0.2) is 24.3 Å². The highest BCUT2D eigenvalue weighted by Gasteiger charge is 2.42. The van der Waals surface area contributed by atoms with Gasteiger partial charge >= 0.3 is 0 Å². The lowest BCUT2D eigenvalue weighted by Gasteiger charge is -2.26. The Morgan fingerprint density at radius 3 is 2.73 bits per heavy atom. The summed E-state index contributed by atoms with van der Waals surface area (Å²) in [6.45, 7) is 0.692. The Morgan fingerprint density at radius 1 is 1.47 bits per heavy atom. The van der Waals surface area contributed by atoms with Crippen LogP contribution in [0.3, 0.4) is 0 Å². The maximum Gasteiger partial charge on any atom is 0.242 e. The first kappa shape index (κ1) is 10.1. The molecule has 1 unspecified atom stereocenters. The van der Waals surface area contributed by atoms with Gasteiger partial charge in [-0.1, -0.05) is 18.2 Å². The van der Waals surface area contributed by atoms with Gasteiger partial charge < -0.3 is 5.73 Å². The molecule has 1 saturated heterocycles. The lowest BCUT2D eigenvalue weighted by Crippen LogP contribution is -2.49. The molecule has 4 heteroatoms. The van der Waals surface area contributed by atoms with E-state index in [0.29, 0.717) is 18.5 Å². The van der Waals surface area contributed by atoms with Crippen LogP contribution in [0.4, 0.5) is 4.39 Å². The number of carbonyl (C=O) groups is 1. The predicted molar refractivity (Wildman–Crippen MR) is 54.5 cm³/mol. The number of hydrogen-bond acceptors (Lipinski definition) is 2. The Hall–Kier alpha value is -1.42. The molecule has 0 aliphatic carbocycles. The maximum absolute atomic E-state index is 13.6. The van der Waals surface area contributed by atoms with Gasteiger partial charge in [-0.25, -0.2) is 4.39 Å². The van der Waals surface area contributed by atoms with Crippen LogP contribution in [0.1, 0.15) is 18.4 Å². The molecule has 1 aliphatic rings. The monoisotopic (exact) mass is 208 g/mol. The SMILES string of the molecule is NC(=O)C1(c2ccccc2F)CCCN1. The number of primary amides is 1. The number of halogens is 1. The van der Waals surface area contributed by atoms with E-state index in [9.17, 15) is 9.18 Å². The Bertz CT molecular complexity index is 386. The molecule has 0 spiro atoms. The van der Waals surface area contributed by atoms with Crippen molar-refractivity contribution in [2.45, 2.75) is 18.4 Å². The predicted octanol–water partition coefficient (Wildman–Crippen LogP) is 0.890. The molecule has 3 N–H and O–H groups in total. The molecule has 1 aromatic carbocycles. The summed E-state index contributed by atoms with van der Waals surface area (Å²) in [7, 11) is 0. The van der Waals surface area contributed by atoms with Crippen molar-refractivity contribution >= 4 is 5.91 Å². The lowest BCUT2D eigenvalue weighted by molar-refractivity contribution is -0.124. The third kappa shape index (κ3) is 1.51. The van der Waals surface area contributed by atoms with E-state index >= 15 is 0 Å². The van der Waals surface area contributed by atoms with Crippen LogP contribution in [0.5, 0.6) is 0 Å². The highest BCUT2D eigenvalue weighted by Crippen LogP contribution is 2.32. The number of nitrogens with two attached hydrogens (primary N) is 1. The smallest absolute Gasteiger partial charge is 0.242 e. The molecule has 1 heterocycles. The third-order valence-electron chi connectivity index (χ3n) is 2.91. The Labute approximate surface area is 87.5 Å². The summed E-state index contributed by atoms with van der Waals surface area (Å²) in [6, 6.07) is 6.27. The Balaban J connectivity index is 2.50. The van der Waals surface area contributed by atoms with Gasteiger partial charge in [-0.15, -0.1) is 0 Å². The highest BCUT2D eigenvalue weighted by molar-refractivity contribution is 5.86. The number of benzene rings is 1. The number of rotatable bonds is 2. The molecule has 1 aromatic rings. The summed E-state index contributed by atoms with van der Waals surface area (Å²) in [5.41, 5.74) is 4.71. The first-order valence-corrected chi connectivity index (χ1v) is 4.97. The van der Waals surface area contributed by atoms with E-state index in [1.807, 2.05) is 0 Å². The number of nitrogens with one attached hydrogen (secondary N) is 1. The Kier molecular flexibility index (Phi) is 2.44. The normalized spacial score (nSPS) is 25.4. The molecule has 1 aliphatic heterocycles. The molecule has 1 atom stereocenters. The molecule has 0 saturated carbocycles. The molecule has 1 amide bonds. The van der Waals surface area contributed by atoms with Crippen LogP contribution in [0, 0.1) is 5.82 Å². The summed E-state index contributed by atoms with van der Waals surface area (Å²) in [5.74, 6) is -0.893. The van der Waals surface area contributed by atoms with E-state index in [-0.39, 0.29) is 5.82 Å². The quantitative estimate of drug-likeness (QED) is 0.758. The van der Waals surface area contributed by atoms with E-state index in [1.165, 1.54) is 6.07 Å². The van der Waals surface area contributed by atoms with Crippen LogP contribution >= 0.6 is 0 Å². The van der Waals surface area contributed by atoms with Crippen LogP contribution in [-0.2, 0) is 10.3 Å². The molecule has 15 heavy (non-hydrogen) atoms. The average molecular weight is 208 g/mol. The summed E-state index contributed by atoms with van der Waals surface area (Å²) in [5, 5.41) is 3.01. The van der Waals surface area contributed by atoms with Crippen molar-refractivity contribution in [3.8, 4) is 0 Å². The van der Waals surface area contributed by atoms with Crippen molar-refractivity contribution in [1.29, 1.82) is 0 Å². The standard InChI is InChI=1S/C11H13FN2O/c12-9-5-2-1-4-8(9)11(10(13)15)6-3-7-14-11/h1-2,4-5,14H,3,6-7H2,(H2,13,15). The summed E-state index contributed by atoms with van der Waals surface area (Å²) >= 11 is 0. The van der Waals surface area contributed by atoms with Crippen LogP contribution in [0.2, 0.25) is 0 Å². The maximum atomic E-state index is 13.6. The first-order chi connectivity index (χ1) is 7.17. The minimum atomic E-state index is -1.01. The van der Waals surface area contributed by atoms with Gasteiger partial charge in [0.05, 0.1) is 0 Å². The van der Waals surface area contributed by atoms with Gasteiger partial charge in [0.15, 0.2) is 0 Å². The van der Waals surface area contributed by atoms with Crippen LogP contribution in [-0.4, -0.2) is 12.5 Å². The van der Waals surface area contributed by atoms with Gasteiger partial charge in [0, 0.05) is 5.56 Å². The fourth-order valence-corrected chi connectivity index (χ4v) is 2.12. The van der Waals surface area contributed by atoms with Crippen LogP contribution < -0.4 is 11.1 Å². The zero-order chi connectivity index (χ0) is 10.9. The van der Waals surface area contributed by atoms with Gasteiger partial charge in [0.2, 0.25) is 5.91 Å². The van der Waals surface area contributed by atoms with Crippen molar-refractivity contribution < 1.29 is 9.18 Å². The molecule has 3 nitrogen and oxygen atoms in total. The topological polar surface area (TPSA) is 55.1 Å². The van der Waals surface area contributed by atoms with Gasteiger partial charge in [-0.3, -0.25) is 10.1 Å².